The number of benzene rings is 1. The number of nitrogens with zero attached hydrogens (tertiary/aromatic N) is 2. The summed E-state index contributed by atoms with van der Waals surface area (Å²) >= 11 is 0. The normalized spacial score (nSPS) is 18.1. The van der Waals surface area contributed by atoms with Gasteiger partial charge in [0.2, 0.25) is 0 Å². The first-order valence-electron chi connectivity index (χ1n) is 8.55. The molecule has 2 rings (SSSR count). The molecule has 1 heterocycles. The lowest BCUT2D eigenvalue weighted by molar-refractivity contribution is 0.342. The number of hydrogen-bond donors (Lipinski definition) is 2. The minimum absolute atomic E-state index is 0. The summed E-state index contributed by atoms with van der Waals surface area (Å²) in [6.07, 6.45) is 2.19. The molecule has 1 aromatic carbocycles. The summed E-state index contributed by atoms with van der Waals surface area (Å²) in [6.45, 7) is 7.64. The molecule has 136 valence electrons. The molecule has 0 saturated carbocycles. The lowest BCUT2D eigenvalue weighted by Crippen LogP contribution is -2.41. The van der Waals surface area contributed by atoms with E-state index in [1.54, 1.807) is 7.11 Å². The van der Waals surface area contributed by atoms with Crippen LogP contribution in [0, 0.1) is 5.92 Å². The highest BCUT2D eigenvalue weighted by atomic mass is 127. The van der Waals surface area contributed by atoms with Crippen molar-refractivity contribution in [2.45, 2.75) is 19.8 Å². The zero-order valence-electron chi connectivity index (χ0n) is 15.0. The van der Waals surface area contributed by atoms with Crippen molar-refractivity contribution in [3.63, 3.8) is 0 Å². The van der Waals surface area contributed by atoms with Gasteiger partial charge in [-0.2, -0.15) is 0 Å². The number of rotatable bonds is 7. The topological polar surface area (TPSA) is 48.9 Å². The maximum Gasteiger partial charge on any atom is 0.190 e. The second-order valence-electron chi connectivity index (χ2n) is 5.99. The predicted octanol–water partition coefficient (Wildman–Crippen LogP) is 2.36. The van der Waals surface area contributed by atoms with Crippen LogP contribution in [0.5, 0.6) is 5.75 Å². The van der Waals surface area contributed by atoms with Crippen LogP contribution in [0.2, 0.25) is 0 Å². The Balaban J connectivity index is 0.00000288. The molecule has 0 amide bonds. The van der Waals surface area contributed by atoms with Crippen molar-refractivity contribution in [2.24, 2.45) is 10.9 Å². The van der Waals surface area contributed by atoms with E-state index in [4.69, 9.17) is 4.74 Å². The van der Waals surface area contributed by atoms with Gasteiger partial charge >= 0.3 is 0 Å². The number of hydrogen-bond acceptors (Lipinski definition) is 3. The van der Waals surface area contributed by atoms with Crippen LogP contribution in [0.1, 0.15) is 18.9 Å². The first-order valence-corrected chi connectivity index (χ1v) is 8.55. The average Bonchev–Trinajstić information content (AvgIpc) is 3.06. The van der Waals surface area contributed by atoms with Crippen LogP contribution in [0.4, 0.5) is 0 Å². The van der Waals surface area contributed by atoms with Gasteiger partial charge in [0.1, 0.15) is 5.75 Å². The highest BCUT2D eigenvalue weighted by Crippen LogP contribution is 2.17. The summed E-state index contributed by atoms with van der Waals surface area (Å²) in [5.41, 5.74) is 1.22. The highest BCUT2D eigenvalue weighted by molar-refractivity contribution is 14.0. The number of methoxy groups -OCH3 is 1. The third-order valence-electron chi connectivity index (χ3n) is 4.48. The molecule has 0 spiro atoms. The summed E-state index contributed by atoms with van der Waals surface area (Å²) in [4.78, 5) is 6.82. The minimum atomic E-state index is 0. The third-order valence-corrected chi connectivity index (χ3v) is 4.48. The van der Waals surface area contributed by atoms with E-state index in [9.17, 15) is 0 Å². The Labute approximate surface area is 163 Å². The summed E-state index contributed by atoms with van der Waals surface area (Å²) in [6, 6.07) is 8.15. The van der Waals surface area contributed by atoms with E-state index in [0.717, 1.165) is 43.7 Å². The molecule has 24 heavy (non-hydrogen) atoms. The molecule has 1 fully saturated rings. The lowest BCUT2D eigenvalue weighted by Gasteiger charge is -2.16. The molecule has 2 N–H and O–H groups in total. The quantitative estimate of drug-likeness (QED) is 0.384. The number of aliphatic imine (C=N–C) groups is 1. The molecule has 1 unspecified atom stereocenters. The van der Waals surface area contributed by atoms with Gasteiger partial charge in [-0.1, -0.05) is 25.1 Å². The van der Waals surface area contributed by atoms with Crippen LogP contribution in [0.3, 0.4) is 0 Å². The van der Waals surface area contributed by atoms with Crippen molar-refractivity contribution in [2.75, 3.05) is 46.9 Å². The summed E-state index contributed by atoms with van der Waals surface area (Å²) in [5, 5.41) is 6.84. The molecule has 1 aromatic rings. The number of ether oxygens (including phenoxy) is 1. The molecule has 1 saturated heterocycles. The van der Waals surface area contributed by atoms with Gasteiger partial charge in [-0.25, -0.2) is 0 Å². The van der Waals surface area contributed by atoms with Gasteiger partial charge in [0.05, 0.1) is 7.11 Å². The monoisotopic (exact) mass is 446 g/mol. The molecule has 0 aromatic heterocycles. The standard InChI is InChI=1S/C18H30N4O.HI/c1-4-22-12-10-15(14-22)13-21-18(19-2)20-11-9-16-7-5-6-8-17(16)23-3;/h5-8,15H,4,9-14H2,1-3H3,(H2,19,20,21);1H. The van der Waals surface area contributed by atoms with E-state index in [2.05, 4.69) is 33.5 Å². The van der Waals surface area contributed by atoms with Gasteiger partial charge in [-0.15, -0.1) is 24.0 Å². The smallest absolute Gasteiger partial charge is 0.190 e. The summed E-state index contributed by atoms with van der Waals surface area (Å²) < 4.78 is 5.39. The Morgan fingerprint density at radius 3 is 2.79 bits per heavy atom. The van der Waals surface area contributed by atoms with Crippen LogP contribution >= 0.6 is 24.0 Å². The van der Waals surface area contributed by atoms with E-state index in [1.165, 1.54) is 25.1 Å². The molecular formula is C18H31IN4O. The maximum absolute atomic E-state index is 5.39. The molecule has 1 atom stereocenters. The van der Waals surface area contributed by atoms with Crippen LogP contribution < -0.4 is 15.4 Å². The highest BCUT2D eigenvalue weighted by Gasteiger charge is 2.20. The van der Waals surface area contributed by atoms with Gasteiger partial charge < -0.3 is 20.3 Å². The fourth-order valence-electron chi connectivity index (χ4n) is 3.05. The van der Waals surface area contributed by atoms with Crippen molar-refractivity contribution < 1.29 is 4.74 Å². The Hall–Kier alpha value is -1.02. The molecule has 0 bridgehead atoms. The SMILES string of the molecule is CCN1CCC(CNC(=NC)NCCc2ccccc2OC)C1.I. The van der Waals surface area contributed by atoms with Crippen molar-refractivity contribution in [1.29, 1.82) is 0 Å². The number of guanidine groups is 1. The number of para-hydroxylation sites is 1. The van der Waals surface area contributed by atoms with E-state index in [1.807, 2.05) is 25.2 Å². The third kappa shape index (κ3) is 6.47. The van der Waals surface area contributed by atoms with Crippen molar-refractivity contribution in [3.05, 3.63) is 29.8 Å². The molecular weight excluding hydrogens is 415 g/mol. The van der Waals surface area contributed by atoms with Gasteiger partial charge in [0.25, 0.3) is 0 Å². The first kappa shape index (κ1) is 21.0. The van der Waals surface area contributed by atoms with Crippen LogP contribution in [-0.4, -0.2) is 57.7 Å². The number of likely N-dealkylation sites (tertiary alicyclic amines) is 1. The molecule has 0 radical (unpaired) electrons. The van der Waals surface area contributed by atoms with Gasteiger partial charge in [-0.05, 0) is 43.5 Å². The first-order chi connectivity index (χ1) is 11.3. The minimum Gasteiger partial charge on any atom is -0.496 e. The fraction of sp³-hybridized carbons (Fsp3) is 0.611. The Bertz CT molecular complexity index is 510. The van der Waals surface area contributed by atoms with Crippen LogP contribution in [-0.2, 0) is 6.42 Å². The number of nitrogens with one attached hydrogen (secondary N) is 2. The second-order valence-corrected chi connectivity index (χ2v) is 5.99. The van der Waals surface area contributed by atoms with E-state index < -0.39 is 0 Å². The van der Waals surface area contributed by atoms with E-state index >= 15 is 0 Å². The van der Waals surface area contributed by atoms with Gasteiger partial charge in [0, 0.05) is 26.7 Å². The maximum atomic E-state index is 5.39. The molecule has 1 aliphatic heterocycles. The lowest BCUT2D eigenvalue weighted by atomic mass is 10.1. The largest absolute Gasteiger partial charge is 0.496 e. The molecule has 1 aliphatic rings. The van der Waals surface area contributed by atoms with Gasteiger partial charge in [-0.3, -0.25) is 4.99 Å². The summed E-state index contributed by atoms with van der Waals surface area (Å²) in [7, 11) is 3.54. The Kier molecular flexibility index (Phi) is 10.1. The fourth-order valence-corrected chi connectivity index (χ4v) is 3.05. The molecule has 0 aliphatic carbocycles. The second kappa shape index (κ2) is 11.5. The Morgan fingerprint density at radius 2 is 2.12 bits per heavy atom. The zero-order chi connectivity index (χ0) is 16.5. The van der Waals surface area contributed by atoms with Crippen molar-refractivity contribution in [3.8, 4) is 5.75 Å². The van der Waals surface area contributed by atoms with E-state index in [-0.39, 0.29) is 24.0 Å². The van der Waals surface area contributed by atoms with Crippen molar-refractivity contribution >= 4 is 29.9 Å². The predicted molar refractivity (Wildman–Crippen MR) is 112 cm³/mol. The molecule has 6 heteroatoms. The van der Waals surface area contributed by atoms with Crippen LogP contribution in [0.25, 0.3) is 0 Å². The van der Waals surface area contributed by atoms with Crippen LogP contribution in [0.15, 0.2) is 29.3 Å². The van der Waals surface area contributed by atoms with E-state index in [0.29, 0.717) is 0 Å². The Morgan fingerprint density at radius 1 is 1.33 bits per heavy atom. The van der Waals surface area contributed by atoms with Crippen molar-refractivity contribution in [1.82, 2.24) is 15.5 Å². The van der Waals surface area contributed by atoms with Gasteiger partial charge in [0.15, 0.2) is 5.96 Å². The number of halogens is 1. The zero-order valence-corrected chi connectivity index (χ0v) is 17.4. The summed E-state index contributed by atoms with van der Waals surface area (Å²) in [5.74, 6) is 2.56. The molecule has 5 nitrogen and oxygen atoms in total. The average molecular weight is 446 g/mol.